The van der Waals surface area contributed by atoms with E-state index in [9.17, 15) is 4.79 Å². The van der Waals surface area contributed by atoms with E-state index in [0.717, 1.165) is 27.0 Å². The highest BCUT2D eigenvalue weighted by atomic mass is 79.9. The van der Waals surface area contributed by atoms with Crippen molar-refractivity contribution in [3.63, 3.8) is 0 Å². The number of aryl methyl sites for hydroxylation is 1. The van der Waals surface area contributed by atoms with Gasteiger partial charge in [-0.1, -0.05) is 54.9 Å². The monoisotopic (exact) mass is 374 g/mol. The molecule has 0 aliphatic heterocycles. The van der Waals surface area contributed by atoms with Crippen LogP contribution in [-0.4, -0.2) is 12.5 Å². The van der Waals surface area contributed by atoms with Gasteiger partial charge in [-0.15, -0.1) is 0 Å². The van der Waals surface area contributed by atoms with Gasteiger partial charge in [0, 0.05) is 15.8 Å². The largest absolute Gasteiger partial charge is 0.376 e. The van der Waals surface area contributed by atoms with E-state index in [0.29, 0.717) is 0 Å². The quantitative estimate of drug-likeness (QED) is 0.780. The van der Waals surface area contributed by atoms with E-state index >= 15 is 0 Å². The lowest BCUT2D eigenvalue weighted by Gasteiger charge is -2.23. The molecule has 0 fully saturated rings. The summed E-state index contributed by atoms with van der Waals surface area (Å²) < 4.78 is 1.03. The van der Waals surface area contributed by atoms with Crippen LogP contribution in [0, 0.1) is 6.92 Å². The summed E-state index contributed by atoms with van der Waals surface area (Å²) in [7, 11) is 0. The molecule has 122 valence electrons. The second-order valence-corrected chi connectivity index (χ2v) is 7.57. The third kappa shape index (κ3) is 4.83. The molecule has 0 heterocycles. The maximum atomic E-state index is 12.3. The summed E-state index contributed by atoms with van der Waals surface area (Å²) in [5.74, 6) is -0.0518. The first-order chi connectivity index (χ1) is 10.8. The summed E-state index contributed by atoms with van der Waals surface area (Å²) in [6.45, 7) is 8.67. The Balaban J connectivity index is 2.03. The van der Waals surface area contributed by atoms with E-state index in [1.54, 1.807) is 0 Å². The van der Waals surface area contributed by atoms with Gasteiger partial charge in [0.25, 0.3) is 0 Å². The molecule has 23 heavy (non-hydrogen) atoms. The van der Waals surface area contributed by atoms with E-state index in [-0.39, 0.29) is 17.9 Å². The molecule has 4 heteroatoms. The number of hydrogen-bond donors (Lipinski definition) is 2. The molecule has 0 aliphatic carbocycles. The first-order valence-electron chi connectivity index (χ1n) is 7.67. The van der Waals surface area contributed by atoms with Crippen molar-refractivity contribution in [2.45, 2.75) is 33.1 Å². The van der Waals surface area contributed by atoms with Crippen LogP contribution in [0.3, 0.4) is 0 Å². The van der Waals surface area contributed by atoms with E-state index in [1.165, 1.54) is 0 Å². The van der Waals surface area contributed by atoms with Crippen LogP contribution in [0.15, 0.2) is 46.9 Å². The summed E-state index contributed by atoms with van der Waals surface area (Å²) >= 11 is 3.44. The standard InChI is InChI=1S/C19H23BrN2O/c1-13-11-14(20)9-10-16(13)21-12-18(23)22-17-8-6-5-7-15(17)19(2,3)4/h5-11,21H,12H2,1-4H3,(H,22,23). The Morgan fingerprint density at radius 3 is 2.43 bits per heavy atom. The van der Waals surface area contributed by atoms with E-state index in [2.05, 4.69) is 53.4 Å². The van der Waals surface area contributed by atoms with Crippen LogP contribution in [0.4, 0.5) is 11.4 Å². The van der Waals surface area contributed by atoms with Crippen LogP contribution >= 0.6 is 15.9 Å². The molecule has 0 atom stereocenters. The predicted molar refractivity (Wildman–Crippen MR) is 101 cm³/mol. The zero-order valence-electron chi connectivity index (χ0n) is 14.0. The molecule has 2 aromatic carbocycles. The van der Waals surface area contributed by atoms with E-state index < -0.39 is 0 Å². The number of benzene rings is 2. The van der Waals surface area contributed by atoms with Gasteiger partial charge in [-0.2, -0.15) is 0 Å². The maximum Gasteiger partial charge on any atom is 0.243 e. The van der Waals surface area contributed by atoms with E-state index in [1.807, 2.05) is 43.3 Å². The molecule has 0 unspecified atom stereocenters. The van der Waals surface area contributed by atoms with Gasteiger partial charge in [-0.25, -0.2) is 0 Å². The third-order valence-corrected chi connectivity index (χ3v) is 4.13. The fourth-order valence-electron chi connectivity index (χ4n) is 2.44. The minimum Gasteiger partial charge on any atom is -0.376 e. The highest BCUT2D eigenvalue weighted by Gasteiger charge is 2.18. The molecule has 0 spiro atoms. The molecular formula is C19H23BrN2O. The Hall–Kier alpha value is -1.81. The topological polar surface area (TPSA) is 41.1 Å². The summed E-state index contributed by atoms with van der Waals surface area (Å²) in [6.07, 6.45) is 0. The Morgan fingerprint density at radius 2 is 1.78 bits per heavy atom. The molecule has 0 saturated heterocycles. The van der Waals surface area contributed by atoms with Crippen LogP contribution < -0.4 is 10.6 Å². The fraction of sp³-hybridized carbons (Fsp3) is 0.316. The first kappa shape index (κ1) is 17.5. The first-order valence-corrected chi connectivity index (χ1v) is 8.46. The number of carbonyl (C=O) groups is 1. The molecule has 2 rings (SSSR count). The highest BCUT2D eigenvalue weighted by molar-refractivity contribution is 9.10. The summed E-state index contributed by atoms with van der Waals surface area (Å²) in [4.78, 5) is 12.3. The minimum atomic E-state index is -0.0518. The fourth-order valence-corrected chi connectivity index (χ4v) is 2.92. The molecule has 0 radical (unpaired) electrons. The third-order valence-electron chi connectivity index (χ3n) is 3.64. The van der Waals surface area contributed by atoms with Crippen molar-refractivity contribution < 1.29 is 4.79 Å². The lowest BCUT2D eigenvalue weighted by molar-refractivity contribution is -0.114. The number of carbonyl (C=O) groups excluding carboxylic acids is 1. The average Bonchev–Trinajstić information content (AvgIpc) is 2.46. The van der Waals surface area contributed by atoms with Crippen LogP contribution in [0.2, 0.25) is 0 Å². The van der Waals surface area contributed by atoms with Crippen molar-refractivity contribution in [3.05, 3.63) is 58.1 Å². The second-order valence-electron chi connectivity index (χ2n) is 6.66. The zero-order valence-corrected chi connectivity index (χ0v) is 15.6. The molecule has 0 aliphatic rings. The van der Waals surface area contributed by atoms with Crippen LogP contribution in [0.1, 0.15) is 31.9 Å². The molecule has 2 aromatic rings. The van der Waals surface area contributed by atoms with Gasteiger partial charge < -0.3 is 10.6 Å². The maximum absolute atomic E-state index is 12.3. The summed E-state index contributed by atoms with van der Waals surface area (Å²) in [5.41, 5.74) is 4.06. The minimum absolute atomic E-state index is 0.0143. The van der Waals surface area contributed by atoms with Crippen LogP contribution in [0.5, 0.6) is 0 Å². The van der Waals surface area contributed by atoms with Crippen molar-refractivity contribution in [2.24, 2.45) is 0 Å². The smallest absolute Gasteiger partial charge is 0.243 e. The zero-order chi connectivity index (χ0) is 17.0. The Morgan fingerprint density at radius 1 is 1.09 bits per heavy atom. The Labute approximate surface area is 146 Å². The summed E-state index contributed by atoms with van der Waals surface area (Å²) in [5, 5.41) is 6.19. The van der Waals surface area contributed by atoms with Gasteiger partial charge >= 0.3 is 0 Å². The Kier molecular flexibility index (Phi) is 5.47. The molecule has 3 nitrogen and oxygen atoms in total. The number of anilines is 2. The molecule has 2 N–H and O–H groups in total. The number of halogens is 1. The lowest BCUT2D eigenvalue weighted by atomic mass is 9.86. The predicted octanol–water partition coefficient (Wildman–Crippen LogP) is 5.11. The van der Waals surface area contributed by atoms with Gasteiger partial charge in [0.05, 0.1) is 6.54 Å². The summed E-state index contributed by atoms with van der Waals surface area (Å²) in [6, 6.07) is 13.9. The van der Waals surface area contributed by atoms with E-state index in [4.69, 9.17) is 0 Å². The number of hydrogen-bond acceptors (Lipinski definition) is 2. The van der Waals surface area contributed by atoms with Gasteiger partial charge in [0.2, 0.25) is 5.91 Å². The number of rotatable bonds is 4. The SMILES string of the molecule is Cc1cc(Br)ccc1NCC(=O)Nc1ccccc1C(C)(C)C. The van der Waals surface area contributed by atoms with Gasteiger partial charge in [-0.3, -0.25) is 4.79 Å². The normalized spacial score (nSPS) is 11.2. The van der Waals surface area contributed by atoms with Crippen LogP contribution in [0.25, 0.3) is 0 Å². The van der Waals surface area contributed by atoms with Gasteiger partial charge in [0.15, 0.2) is 0 Å². The number of para-hydroxylation sites is 1. The van der Waals surface area contributed by atoms with Crippen molar-refractivity contribution in [2.75, 3.05) is 17.2 Å². The molecular weight excluding hydrogens is 352 g/mol. The van der Waals surface area contributed by atoms with Crippen molar-refractivity contribution in [1.82, 2.24) is 0 Å². The molecule has 0 saturated carbocycles. The van der Waals surface area contributed by atoms with Gasteiger partial charge in [0.1, 0.15) is 0 Å². The second kappa shape index (κ2) is 7.18. The molecule has 1 amide bonds. The highest BCUT2D eigenvalue weighted by Crippen LogP contribution is 2.29. The average molecular weight is 375 g/mol. The van der Waals surface area contributed by atoms with Gasteiger partial charge in [-0.05, 0) is 47.7 Å². The van der Waals surface area contributed by atoms with Crippen molar-refractivity contribution in [1.29, 1.82) is 0 Å². The molecule has 0 bridgehead atoms. The van der Waals surface area contributed by atoms with Crippen molar-refractivity contribution in [3.8, 4) is 0 Å². The van der Waals surface area contributed by atoms with Crippen molar-refractivity contribution >= 4 is 33.2 Å². The van der Waals surface area contributed by atoms with Crippen LogP contribution in [-0.2, 0) is 10.2 Å². The number of amides is 1. The molecule has 0 aromatic heterocycles. The number of nitrogens with one attached hydrogen (secondary N) is 2. The lowest BCUT2D eigenvalue weighted by Crippen LogP contribution is -2.24. The Bertz CT molecular complexity index is 705.